The number of carbonyl (C=O) groups excluding carboxylic acids is 1. The van der Waals surface area contributed by atoms with Crippen molar-refractivity contribution < 1.29 is 4.79 Å². The molecule has 1 aliphatic carbocycles. The van der Waals surface area contributed by atoms with Crippen molar-refractivity contribution in [1.82, 2.24) is 10.3 Å². The number of rotatable bonds is 4. The highest BCUT2D eigenvalue weighted by Gasteiger charge is 2.41. The number of benzene rings is 1. The average Bonchev–Trinajstić information content (AvgIpc) is 3.24. The van der Waals surface area contributed by atoms with E-state index in [4.69, 9.17) is 23.2 Å². The van der Waals surface area contributed by atoms with Crippen LogP contribution >= 0.6 is 23.2 Å². The first-order valence-electron chi connectivity index (χ1n) is 7.24. The number of amides is 1. The molecule has 114 valence electrons. The molecule has 22 heavy (non-hydrogen) atoms. The fourth-order valence-electron chi connectivity index (χ4n) is 2.70. The van der Waals surface area contributed by atoms with Crippen LogP contribution in [-0.2, 0) is 0 Å². The molecule has 0 spiro atoms. The third-order valence-corrected chi connectivity index (χ3v) is 4.59. The molecule has 3 atom stereocenters. The molecule has 1 fully saturated rings. The molecule has 1 aliphatic rings. The normalized spacial score (nSPS) is 21.2. The number of nitrogens with one attached hydrogen (secondary N) is 1. The number of aromatic nitrogens is 1. The quantitative estimate of drug-likeness (QED) is 0.835. The van der Waals surface area contributed by atoms with Gasteiger partial charge < -0.3 is 5.32 Å². The molecule has 1 N–H and O–H groups in total. The lowest BCUT2D eigenvalue weighted by atomic mass is 10.0. The number of hydrogen-bond donors (Lipinski definition) is 1. The summed E-state index contributed by atoms with van der Waals surface area (Å²) in [6, 6.07) is 13.1. The van der Waals surface area contributed by atoms with Gasteiger partial charge in [0.15, 0.2) is 0 Å². The van der Waals surface area contributed by atoms with E-state index in [-0.39, 0.29) is 22.8 Å². The molecule has 3 nitrogen and oxygen atoms in total. The molecular formula is C17H16Cl2N2O. The molecule has 0 aliphatic heterocycles. The molecule has 1 amide bonds. The standard InChI is InChI=1S/C17H16Cl2N2O/c1-10-9-12(10)15(11-5-3-2-4-6-11)21-17(22)16-13(18)7-8-14(19)20-16/h2-8,10,12,15H,9H2,1H3,(H,21,22). The van der Waals surface area contributed by atoms with E-state index in [9.17, 15) is 4.79 Å². The van der Waals surface area contributed by atoms with Crippen molar-refractivity contribution in [3.05, 3.63) is 63.9 Å². The summed E-state index contributed by atoms with van der Waals surface area (Å²) in [7, 11) is 0. The predicted molar refractivity (Wildman–Crippen MR) is 88.2 cm³/mol. The van der Waals surface area contributed by atoms with Crippen molar-refractivity contribution in [2.75, 3.05) is 0 Å². The SMILES string of the molecule is CC1CC1C(NC(=O)c1nc(Cl)ccc1Cl)c1ccccc1. The Balaban J connectivity index is 1.85. The molecule has 1 saturated carbocycles. The maximum atomic E-state index is 12.5. The van der Waals surface area contributed by atoms with Gasteiger partial charge in [-0.2, -0.15) is 0 Å². The summed E-state index contributed by atoms with van der Waals surface area (Å²) in [6.07, 6.45) is 1.11. The number of carbonyl (C=O) groups is 1. The molecule has 3 rings (SSSR count). The molecule has 0 saturated heterocycles. The summed E-state index contributed by atoms with van der Waals surface area (Å²) >= 11 is 11.9. The second-order valence-electron chi connectivity index (χ2n) is 5.70. The Morgan fingerprint density at radius 3 is 2.55 bits per heavy atom. The van der Waals surface area contributed by atoms with E-state index in [0.717, 1.165) is 12.0 Å². The Morgan fingerprint density at radius 2 is 1.91 bits per heavy atom. The molecule has 5 heteroatoms. The van der Waals surface area contributed by atoms with Gasteiger partial charge >= 0.3 is 0 Å². The van der Waals surface area contributed by atoms with Crippen LogP contribution in [0.5, 0.6) is 0 Å². The van der Waals surface area contributed by atoms with Crippen LogP contribution in [0.15, 0.2) is 42.5 Å². The van der Waals surface area contributed by atoms with Crippen LogP contribution in [0.1, 0.15) is 35.4 Å². The minimum Gasteiger partial charge on any atom is -0.344 e. The average molecular weight is 335 g/mol. The molecule has 0 radical (unpaired) electrons. The van der Waals surface area contributed by atoms with Crippen molar-refractivity contribution in [1.29, 1.82) is 0 Å². The summed E-state index contributed by atoms with van der Waals surface area (Å²) in [5.41, 5.74) is 1.27. The van der Waals surface area contributed by atoms with Crippen molar-refractivity contribution >= 4 is 29.1 Å². The van der Waals surface area contributed by atoms with Crippen LogP contribution in [0.25, 0.3) is 0 Å². The summed E-state index contributed by atoms with van der Waals surface area (Å²) in [6.45, 7) is 2.19. The van der Waals surface area contributed by atoms with E-state index >= 15 is 0 Å². The molecule has 1 aromatic heterocycles. The van der Waals surface area contributed by atoms with Gasteiger partial charge in [-0.3, -0.25) is 4.79 Å². The Hall–Kier alpha value is -1.58. The third kappa shape index (κ3) is 3.26. The summed E-state index contributed by atoms with van der Waals surface area (Å²) in [5, 5.41) is 3.62. The highest BCUT2D eigenvalue weighted by Crippen LogP contribution is 2.47. The maximum Gasteiger partial charge on any atom is 0.271 e. The van der Waals surface area contributed by atoms with Crippen LogP contribution < -0.4 is 5.32 Å². The van der Waals surface area contributed by atoms with Crippen molar-refractivity contribution in [2.45, 2.75) is 19.4 Å². The lowest BCUT2D eigenvalue weighted by molar-refractivity contribution is 0.0926. The lowest BCUT2D eigenvalue weighted by Gasteiger charge is -2.19. The van der Waals surface area contributed by atoms with Gasteiger partial charge in [-0.15, -0.1) is 0 Å². The Labute approximate surface area is 139 Å². The number of pyridine rings is 1. The predicted octanol–water partition coefficient (Wildman–Crippen LogP) is 4.52. The minimum atomic E-state index is -0.291. The van der Waals surface area contributed by atoms with Gasteiger partial charge in [0.2, 0.25) is 0 Å². The van der Waals surface area contributed by atoms with E-state index in [2.05, 4.69) is 17.2 Å². The third-order valence-electron chi connectivity index (χ3n) is 4.07. The van der Waals surface area contributed by atoms with E-state index in [0.29, 0.717) is 16.9 Å². The van der Waals surface area contributed by atoms with Gasteiger partial charge in [-0.05, 0) is 36.0 Å². The zero-order chi connectivity index (χ0) is 15.7. The number of halogens is 2. The number of hydrogen-bond acceptors (Lipinski definition) is 2. The van der Waals surface area contributed by atoms with Gasteiger partial charge in [0.1, 0.15) is 10.8 Å². The second-order valence-corrected chi connectivity index (χ2v) is 6.50. The van der Waals surface area contributed by atoms with Crippen molar-refractivity contribution in [3.63, 3.8) is 0 Å². The van der Waals surface area contributed by atoms with Gasteiger partial charge in [0.05, 0.1) is 11.1 Å². The van der Waals surface area contributed by atoms with Crippen LogP contribution in [0.4, 0.5) is 0 Å². The van der Waals surface area contributed by atoms with Crippen LogP contribution in [0, 0.1) is 11.8 Å². The summed E-state index contributed by atoms with van der Waals surface area (Å²) in [4.78, 5) is 16.6. The first kappa shape index (κ1) is 15.3. The van der Waals surface area contributed by atoms with Gasteiger partial charge in [0, 0.05) is 0 Å². The Bertz CT molecular complexity index is 690. The van der Waals surface area contributed by atoms with Crippen molar-refractivity contribution in [2.24, 2.45) is 11.8 Å². The smallest absolute Gasteiger partial charge is 0.271 e. The molecule has 0 bridgehead atoms. The molecule has 1 heterocycles. The van der Waals surface area contributed by atoms with Gasteiger partial charge in [-0.1, -0.05) is 60.5 Å². The zero-order valence-corrected chi connectivity index (χ0v) is 13.6. The van der Waals surface area contributed by atoms with Crippen LogP contribution in [-0.4, -0.2) is 10.9 Å². The van der Waals surface area contributed by atoms with E-state index in [1.54, 1.807) is 12.1 Å². The topological polar surface area (TPSA) is 42.0 Å². The minimum absolute atomic E-state index is 0.0273. The van der Waals surface area contributed by atoms with Crippen LogP contribution in [0.2, 0.25) is 10.2 Å². The Morgan fingerprint density at radius 1 is 1.23 bits per heavy atom. The fraction of sp³-hybridized carbons (Fsp3) is 0.294. The molecule has 2 aromatic rings. The van der Waals surface area contributed by atoms with E-state index < -0.39 is 0 Å². The monoisotopic (exact) mass is 334 g/mol. The first-order chi connectivity index (χ1) is 10.6. The first-order valence-corrected chi connectivity index (χ1v) is 7.99. The largest absolute Gasteiger partial charge is 0.344 e. The number of nitrogens with zero attached hydrogens (tertiary/aromatic N) is 1. The zero-order valence-electron chi connectivity index (χ0n) is 12.1. The fourth-order valence-corrected chi connectivity index (χ4v) is 3.04. The summed E-state index contributed by atoms with van der Waals surface area (Å²) in [5.74, 6) is 0.762. The molecular weight excluding hydrogens is 319 g/mol. The molecule has 3 unspecified atom stereocenters. The highest BCUT2D eigenvalue weighted by atomic mass is 35.5. The summed E-state index contributed by atoms with van der Waals surface area (Å²) < 4.78 is 0. The lowest BCUT2D eigenvalue weighted by Crippen LogP contribution is -2.31. The Kier molecular flexibility index (Phi) is 4.37. The highest BCUT2D eigenvalue weighted by molar-refractivity contribution is 6.34. The molecule has 1 aromatic carbocycles. The second kappa shape index (κ2) is 6.27. The maximum absolute atomic E-state index is 12.5. The van der Waals surface area contributed by atoms with Crippen molar-refractivity contribution in [3.8, 4) is 0 Å². The van der Waals surface area contributed by atoms with Gasteiger partial charge in [-0.25, -0.2) is 4.98 Å². The van der Waals surface area contributed by atoms with Crippen LogP contribution in [0.3, 0.4) is 0 Å². The van der Waals surface area contributed by atoms with E-state index in [1.807, 2.05) is 30.3 Å². The van der Waals surface area contributed by atoms with E-state index in [1.165, 1.54) is 0 Å². The van der Waals surface area contributed by atoms with Gasteiger partial charge in [0.25, 0.3) is 5.91 Å².